The third-order valence-electron chi connectivity index (χ3n) is 3.60. The van der Waals surface area contributed by atoms with E-state index in [1.54, 1.807) is 18.3 Å². The summed E-state index contributed by atoms with van der Waals surface area (Å²) in [7, 11) is 0. The van der Waals surface area contributed by atoms with Gasteiger partial charge in [0.25, 0.3) is 5.91 Å². The van der Waals surface area contributed by atoms with Crippen LogP contribution in [0.3, 0.4) is 0 Å². The standard InChI is InChI=1S/C20H19BrN2O3S/c1-2-25-16-7-9-17(10-8-16)26-13-19(24)23-20-22-12-18(27-20)11-14-3-5-15(21)6-4-14/h3-10,12H,2,11,13H2,1H3,(H,22,23,24). The number of hydrogen-bond acceptors (Lipinski definition) is 5. The highest BCUT2D eigenvalue weighted by atomic mass is 79.9. The lowest BCUT2D eigenvalue weighted by Gasteiger charge is -2.07. The third kappa shape index (κ3) is 6.08. The second-order valence-electron chi connectivity index (χ2n) is 5.68. The summed E-state index contributed by atoms with van der Waals surface area (Å²) in [6, 6.07) is 15.3. The molecule has 1 N–H and O–H groups in total. The summed E-state index contributed by atoms with van der Waals surface area (Å²) in [5.74, 6) is 1.15. The number of carbonyl (C=O) groups is 1. The molecule has 0 fully saturated rings. The van der Waals surface area contributed by atoms with Crippen molar-refractivity contribution < 1.29 is 14.3 Å². The molecule has 0 bridgehead atoms. The molecular weight excluding hydrogens is 428 g/mol. The van der Waals surface area contributed by atoms with Crippen molar-refractivity contribution in [2.75, 3.05) is 18.5 Å². The van der Waals surface area contributed by atoms with Gasteiger partial charge < -0.3 is 9.47 Å². The second kappa shape index (κ2) is 9.53. The molecule has 0 radical (unpaired) electrons. The predicted octanol–water partition coefficient (Wildman–Crippen LogP) is 4.91. The molecular formula is C20H19BrN2O3S. The van der Waals surface area contributed by atoms with Crippen molar-refractivity contribution in [1.29, 1.82) is 0 Å². The highest BCUT2D eigenvalue weighted by molar-refractivity contribution is 9.10. The van der Waals surface area contributed by atoms with Gasteiger partial charge >= 0.3 is 0 Å². The van der Waals surface area contributed by atoms with E-state index in [1.807, 2.05) is 31.2 Å². The fourth-order valence-corrected chi connectivity index (χ4v) is 3.48. The Balaban J connectivity index is 1.48. The molecule has 7 heteroatoms. The molecule has 3 rings (SSSR count). The van der Waals surface area contributed by atoms with Crippen molar-refractivity contribution in [3.8, 4) is 11.5 Å². The third-order valence-corrected chi connectivity index (χ3v) is 5.04. The number of nitrogens with one attached hydrogen (secondary N) is 1. The van der Waals surface area contributed by atoms with Crippen LogP contribution in [0.25, 0.3) is 0 Å². The monoisotopic (exact) mass is 446 g/mol. The molecule has 0 unspecified atom stereocenters. The van der Waals surface area contributed by atoms with E-state index in [1.165, 1.54) is 16.9 Å². The Labute approximate surface area is 170 Å². The number of anilines is 1. The first-order valence-corrected chi connectivity index (χ1v) is 10.1. The van der Waals surface area contributed by atoms with Crippen LogP contribution in [0.2, 0.25) is 0 Å². The lowest BCUT2D eigenvalue weighted by Crippen LogP contribution is -2.19. The number of thiazole rings is 1. The maximum absolute atomic E-state index is 12.1. The fourth-order valence-electron chi connectivity index (χ4n) is 2.35. The number of amides is 1. The average molecular weight is 447 g/mol. The maximum atomic E-state index is 12.1. The number of benzene rings is 2. The van der Waals surface area contributed by atoms with Gasteiger partial charge in [0.15, 0.2) is 11.7 Å². The quantitative estimate of drug-likeness (QED) is 0.533. The van der Waals surface area contributed by atoms with Gasteiger partial charge in [0.05, 0.1) is 6.61 Å². The van der Waals surface area contributed by atoms with Crippen molar-refractivity contribution in [1.82, 2.24) is 4.98 Å². The minimum atomic E-state index is -0.242. The predicted molar refractivity (Wildman–Crippen MR) is 111 cm³/mol. The van der Waals surface area contributed by atoms with Gasteiger partial charge in [-0.2, -0.15) is 0 Å². The van der Waals surface area contributed by atoms with Gasteiger partial charge in [-0.1, -0.05) is 28.1 Å². The highest BCUT2D eigenvalue weighted by Crippen LogP contribution is 2.22. The molecule has 3 aromatic rings. The first kappa shape index (κ1) is 19.4. The van der Waals surface area contributed by atoms with E-state index in [2.05, 4.69) is 38.4 Å². The number of ether oxygens (including phenoxy) is 2. The zero-order valence-electron chi connectivity index (χ0n) is 14.8. The molecule has 1 aromatic heterocycles. The van der Waals surface area contributed by atoms with Crippen molar-refractivity contribution in [2.24, 2.45) is 0 Å². The molecule has 0 aliphatic carbocycles. The Morgan fingerprint density at radius 1 is 1.07 bits per heavy atom. The normalized spacial score (nSPS) is 10.4. The fraction of sp³-hybridized carbons (Fsp3) is 0.200. The Morgan fingerprint density at radius 3 is 2.41 bits per heavy atom. The van der Waals surface area contributed by atoms with Crippen LogP contribution in [-0.4, -0.2) is 24.1 Å². The number of halogens is 1. The van der Waals surface area contributed by atoms with Crippen LogP contribution in [0.4, 0.5) is 5.13 Å². The maximum Gasteiger partial charge on any atom is 0.264 e. The molecule has 1 heterocycles. The van der Waals surface area contributed by atoms with Crippen LogP contribution >= 0.6 is 27.3 Å². The topological polar surface area (TPSA) is 60.5 Å². The van der Waals surface area contributed by atoms with Crippen LogP contribution in [0.1, 0.15) is 17.4 Å². The molecule has 2 aromatic carbocycles. The molecule has 5 nitrogen and oxygen atoms in total. The van der Waals surface area contributed by atoms with Gasteiger partial charge in [-0.15, -0.1) is 11.3 Å². The summed E-state index contributed by atoms with van der Waals surface area (Å²) in [6.07, 6.45) is 2.57. The summed E-state index contributed by atoms with van der Waals surface area (Å²) in [5, 5.41) is 3.34. The molecule has 0 saturated carbocycles. The lowest BCUT2D eigenvalue weighted by atomic mass is 10.1. The number of rotatable bonds is 8. The average Bonchev–Trinajstić information content (AvgIpc) is 3.10. The van der Waals surface area contributed by atoms with Crippen LogP contribution < -0.4 is 14.8 Å². The number of nitrogens with zero attached hydrogens (tertiary/aromatic N) is 1. The number of carbonyl (C=O) groups excluding carboxylic acids is 1. The number of hydrogen-bond donors (Lipinski definition) is 1. The molecule has 0 aliphatic heterocycles. The van der Waals surface area contributed by atoms with E-state index >= 15 is 0 Å². The van der Waals surface area contributed by atoms with Gasteiger partial charge in [0.2, 0.25) is 0 Å². The Hall–Kier alpha value is -2.38. The minimum Gasteiger partial charge on any atom is -0.494 e. The summed E-state index contributed by atoms with van der Waals surface area (Å²) >= 11 is 4.89. The Morgan fingerprint density at radius 2 is 1.74 bits per heavy atom. The molecule has 0 saturated heterocycles. The summed E-state index contributed by atoms with van der Waals surface area (Å²) in [4.78, 5) is 17.4. The van der Waals surface area contributed by atoms with E-state index in [4.69, 9.17) is 9.47 Å². The van der Waals surface area contributed by atoms with Crippen molar-refractivity contribution >= 4 is 38.3 Å². The van der Waals surface area contributed by atoms with Crippen LogP contribution in [0.15, 0.2) is 59.2 Å². The van der Waals surface area contributed by atoms with Crippen molar-refractivity contribution in [3.05, 3.63) is 69.6 Å². The van der Waals surface area contributed by atoms with Gasteiger partial charge in [-0.25, -0.2) is 4.98 Å². The minimum absolute atomic E-state index is 0.0738. The molecule has 27 heavy (non-hydrogen) atoms. The molecule has 0 atom stereocenters. The highest BCUT2D eigenvalue weighted by Gasteiger charge is 2.08. The van der Waals surface area contributed by atoms with E-state index in [9.17, 15) is 4.79 Å². The summed E-state index contributed by atoms with van der Waals surface area (Å²) in [6.45, 7) is 2.47. The van der Waals surface area contributed by atoms with E-state index in [0.29, 0.717) is 17.5 Å². The smallest absolute Gasteiger partial charge is 0.264 e. The van der Waals surface area contributed by atoms with E-state index < -0.39 is 0 Å². The van der Waals surface area contributed by atoms with Gasteiger partial charge in [-0.3, -0.25) is 10.1 Å². The molecule has 1 amide bonds. The number of aromatic nitrogens is 1. The van der Waals surface area contributed by atoms with Gasteiger partial charge in [-0.05, 0) is 48.9 Å². The summed E-state index contributed by atoms with van der Waals surface area (Å²) in [5.41, 5.74) is 1.19. The zero-order chi connectivity index (χ0) is 19.1. The largest absolute Gasteiger partial charge is 0.494 e. The first-order chi connectivity index (χ1) is 13.1. The van der Waals surface area contributed by atoms with Crippen LogP contribution in [-0.2, 0) is 11.2 Å². The van der Waals surface area contributed by atoms with Gasteiger partial charge in [0.1, 0.15) is 11.5 Å². The van der Waals surface area contributed by atoms with Crippen molar-refractivity contribution in [3.63, 3.8) is 0 Å². The first-order valence-electron chi connectivity index (χ1n) is 8.47. The zero-order valence-corrected chi connectivity index (χ0v) is 17.2. The SMILES string of the molecule is CCOc1ccc(OCC(=O)Nc2ncc(Cc3ccc(Br)cc3)s2)cc1. The molecule has 0 spiro atoms. The molecule has 140 valence electrons. The lowest BCUT2D eigenvalue weighted by molar-refractivity contribution is -0.118. The Kier molecular flexibility index (Phi) is 6.84. The second-order valence-corrected chi connectivity index (χ2v) is 7.71. The van der Waals surface area contributed by atoms with Crippen LogP contribution in [0.5, 0.6) is 11.5 Å². The van der Waals surface area contributed by atoms with Crippen LogP contribution in [0, 0.1) is 0 Å². The van der Waals surface area contributed by atoms with E-state index in [0.717, 1.165) is 21.5 Å². The van der Waals surface area contributed by atoms with Gasteiger partial charge in [0, 0.05) is 22.0 Å². The Bertz CT molecular complexity index is 879. The van der Waals surface area contributed by atoms with E-state index in [-0.39, 0.29) is 12.5 Å². The molecule has 0 aliphatic rings. The van der Waals surface area contributed by atoms with Crippen molar-refractivity contribution in [2.45, 2.75) is 13.3 Å². The summed E-state index contributed by atoms with van der Waals surface area (Å²) < 4.78 is 11.9.